The molecule has 8 heteroatoms. The fourth-order valence-electron chi connectivity index (χ4n) is 3.19. The summed E-state index contributed by atoms with van der Waals surface area (Å²) in [7, 11) is -0.293. The second-order valence-corrected chi connectivity index (χ2v) is 9.04. The largest absolute Gasteiger partial charge is 0.343 e. The highest BCUT2D eigenvalue weighted by molar-refractivity contribution is 7.89. The first-order valence-electron chi connectivity index (χ1n) is 9.27. The van der Waals surface area contributed by atoms with Gasteiger partial charge in [-0.25, -0.2) is 12.7 Å². The number of carbonyl (C=O) groups excluding carboxylic acids is 2. The highest BCUT2D eigenvalue weighted by Gasteiger charge is 2.23. The second kappa shape index (κ2) is 9.43. The van der Waals surface area contributed by atoms with Crippen LogP contribution in [0.2, 0.25) is 0 Å². The predicted molar refractivity (Wildman–Crippen MR) is 104 cm³/mol. The molecule has 1 amide bonds. The molecule has 1 aliphatic heterocycles. The van der Waals surface area contributed by atoms with Gasteiger partial charge in [-0.2, -0.15) is 0 Å². The maximum absolute atomic E-state index is 12.6. The molecule has 150 valence electrons. The van der Waals surface area contributed by atoms with Crippen LogP contribution in [0.25, 0.3) is 0 Å². The molecular weight excluding hydrogens is 366 g/mol. The van der Waals surface area contributed by atoms with Gasteiger partial charge in [-0.1, -0.05) is 12.1 Å². The van der Waals surface area contributed by atoms with Crippen molar-refractivity contribution < 1.29 is 18.0 Å². The van der Waals surface area contributed by atoms with Crippen LogP contribution in [0.1, 0.15) is 43.0 Å². The van der Waals surface area contributed by atoms with E-state index in [0.29, 0.717) is 18.4 Å². The Labute approximate surface area is 161 Å². The van der Waals surface area contributed by atoms with Gasteiger partial charge in [0.15, 0.2) is 5.78 Å². The molecule has 2 rings (SSSR count). The molecule has 27 heavy (non-hydrogen) atoms. The van der Waals surface area contributed by atoms with Crippen LogP contribution < -0.4 is 5.32 Å². The molecular formula is C19H29N3O4S. The summed E-state index contributed by atoms with van der Waals surface area (Å²) in [6, 6.07) is 6.18. The van der Waals surface area contributed by atoms with E-state index in [9.17, 15) is 18.0 Å². The summed E-state index contributed by atoms with van der Waals surface area (Å²) in [6.07, 6.45) is 2.69. The Morgan fingerprint density at radius 2 is 1.70 bits per heavy atom. The quantitative estimate of drug-likeness (QED) is 0.674. The van der Waals surface area contributed by atoms with Gasteiger partial charge in [0.2, 0.25) is 15.9 Å². The third kappa shape index (κ3) is 5.60. The highest BCUT2D eigenvalue weighted by Crippen LogP contribution is 2.17. The summed E-state index contributed by atoms with van der Waals surface area (Å²) < 4.78 is 26.5. The smallest absolute Gasteiger partial charge is 0.242 e. The Kier molecular flexibility index (Phi) is 7.52. The van der Waals surface area contributed by atoms with Crippen LogP contribution in [0.15, 0.2) is 29.2 Å². The molecule has 1 fully saturated rings. The van der Waals surface area contributed by atoms with E-state index in [-0.39, 0.29) is 29.2 Å². The van der Waals surface area contributed by atoms with Gasteiger partial charge in [0.1, 0.15) is 0 Å². The number of sulfonamides is 1. The minimum Gasteiger partial charge on any atom is -0.343 e. The molecule has 1 saturated heterocycles. The fraction of sp³-hybridized carbons (Fsp3) is 0.579. The Hall–Kier alpha value is -1.77. The minimum atomic E-state index is -3.63. The van der Waals surface area contributed by atoms with Crippen molar-refractivity contribution in [1.82, 2.24) is 14.5 Å². The number of nitrogens with zero attached hydrogens (tertiary/aromatic N) is 2. The first-order valence-corrected chi connectivity index (χ1v) is 10.7. The van der Waals surface area contributed by atoms with E-state index in [1.54, 1.807) is 4.90 Å². The molecule has 1 heterocycles. The zero-order valence-corrected chi connectivity index (χ0v) is 17.1. The molecule has 0 atom stereocenters. The van der Waals surface area contributed by atoms with Crippen molar-refractivity contribution in [2.24, 2.45) is 0 Å². The van der Waals surface area contributed by atoms with E-state index >= 15 is 0 Å². The molecule has 0 aliphatic carbocycles. The molecule has 1 aromatic rings. The Balaban J connectivity index is 1.87. The monoisotopic (exact) mass is 395 g/mol. The van der Waals surface area contributed by atoms with Gasteiger partial charge in [0.25, 0.3) is 0 Å². The van der Waals surface area contributed by atoms with Gasteiger partial charge in [-0.3, -0.25) is 9.59 Å². The van der Waals surface area contributed by atoms with Gasteiger partial charge in [0, 0.05) is 38.7 Å². The summed E-state index contributed by atoms with van der Waals surface area (Å²) in [5, 5.41) is 3.28. The minimum absolute atomic E-state index is 0.0542. The van der Waals surface area contributed by atoms with Crippen molar-refractivity contribution in [1.29, 1.82) is 0 Å². The lowest BCUT2D eigenvalue weighted by Crippen LogP contribution is -2.44. The lowest BCUT2D eigenvalue weighted by atomic mass is 10.0. The average Bonchev–Trinajstić information content (AvgIpc) is 2.67. The molecule has 1 aromatic carbocycles. The van der Waals surface area contributed by atoms with Crippen molar-refractivity contribution in [2.75, 3.05) is 33.7 Å². The molecule has 0 bridgehead atoms. The number of ketones is 1. The third-order valence-corrected chi connectivity index (χ3v) is 6.95. The standard InChI is InChI=1S/C19H29N3O4S/c1-15(23)16-6-8-18(9-7-16)27(25,26)21(2)14-4-5-19(24)22(3)17-10-12-20-13-11-17/h6-9,17,20H,4-5,10-14H2,1-3H3. The fourth-order valence-corrected chi connectivity index (χ4v) is 4.40. The van der Waals surface area contributed by atoms with Crippen LogP contribution in [0, 0.1) is 0 Å². The molecule has 1 N–H and O–H groups in total. The molecule has 0 spiro atoms. The van der Waals surface area contributed by atoms with E-state index in [1.807, 2.05) is 7.05 Å². The molecule has 0 aromatic heterocycles. The van der Waals surface area contributed by atoms with Crippen molar-refractivity contribution in [3.8, 4) is 0 Å². The van der Waals surface area contributed by atoms with Gasteiger partial charge in [-0.15, -0.1) is 0 Å². The zero-order chi connectivity index (χ0) is 20.0. The number of amides is 1. The van der Waals surface area contributed by atoms with E-state index in [2.05, 4.69) is 5.32 Å². The number of Topliss-reactive ketones (excluding diaryl/α,β-unsaturated/α-hetero) is 1. The number of piperidine rings is 1. The second-order valence-electron chi connectivity index (χ2n) is 7.00. The van der Waals surface area contributed by atoms with Crippen LogP contribution in [-0.4, -0.2) is 69.1 Å². The SMILES string of the molecule is CC(=O)c1ccc(S(=O)(=O)N(C)CCCC(=O)N(C)C2CCNCC2)cc1. The maximum Gasteiger partial charge on any atom is 0.242 e. The average molecular weight is 396 g/mol. The van der Waals surface area contributed by atoms with E-state index in [0.717, 1.165) is 25.9 Å². The summed E-state index contributed by atoms with van der Waals surface area (Å²) in [4.78, 5) is 25.6. The summed E-state index contributed by atoms with van der Waals surface area (Å²) in [6.45, 7) is 3.55. The van der Waals surface area contributed by atoms with Crippen molar-refractivity contribution in [3.63, 3.8) is 0 Å². The molecule has 0 radical (unpaired) electrons. The van der Waals surface area contributed by atoms with Gasteiger partial charge >= 0.3 is 0 Å². The predicted octanol–water partition coefficient (Wildman–Crippen LogP) is 1.50. The third-order valence-electron chi connectivity index (χ3n) is 5.08. The number of benzene rings is 1. The Morgan fingerprint density at radius 3 is 2.26 bits per heavy atom. The van der Waals surface area contributed by atoms with Crippen molar-refractivity contribution in [2.45, 2.75) is 43.5 Å². The zero-order valence-electron chi connectivity index (χ0n) is 16.3. The molecule has 0 saturated carbocycles. The molecule has 7 nitrogen and oxygen atoms in total. The van der Waals surface area contributed by atoms with Gasteiger partial charge < -0.3 is 10.2 Å². The number of rotatable bonds is 8. The number of hydrogen-bond donors (Lipinski definition) is 1. The number of hydrogen-bond acceptors (Lipinski definition) is 5. The van der Waals surface area contributed by atoms with E-state index < -0.39 is 10.0 Å². The van der Waals surface area contributed by atoms with Crippen LogP contribution in [0.3, 0.4) is 0 Å². The first kappa shape index (κ1) is 21.5. The summed E-state index contributed by atoms with van der Waals surface area (Å²) >= 11 is 0. The Morgan fingerprint density at radius 1 is 1.11 bits per heavy atom. The van der Waals surface area contributed by atoms with Crippen LogP contribution in [0.5, 0.6) is 0 Å². The first-order chi connectivity index (χ1) is 12.7. The normalized spacial score (nSPS) is 15.7. The van der Waals surface area contributed by atoms with E-state index in [1.165, 1.54) is 42.5 Å². The Bertz CT molecular complexity index is 756. The van der Waals surface area contributed by atoms with Crippen LogP contribution in [-0.2, 0) is 14.8 Å². The maximum atomic E-state index is 12.6. The summed E-state index contributed by atoms with van der Waals surface area (Å²) in [5.74, 6) is -0.0535. The number of nitrogens with one attached hydrogen (secondary N) is 1. The van der Waals surface area contributed by atoms with E-state index in [4.69, 9.17) is 0 Å². The van der Waals surface area contributed by atoms with Gasteiger partial charge in [-0.05, 0) is 51.4 Å². The van der Waals surface area contributed by atoms with Crippen molar-refractivity contribution >= 4 is 21.7 Å². The van der Waals surface area contributed by atoms with Crippen LogP contribution in [0.4, 0.5) is 0 Å². The van der Waals surface area contributed by atoms with Crippen molar-refractivity contribution in [3.05, 3.63) is 29.8 Å². The summed E-state index contributed by atoms with van der Waals surface area (Å²) in [5.41, 5.74) is 0.475. The lowest BCUT2D eigenvalue weighted by molar-refractivity contribution is -0.132. The molecule has 0 unspecified atom stereocenters. The topological polar surface area (TPSA) is 86.8 Å². The van der Waals surface area contributed by atoms with Crippen LogP contribution >= 0.6 is 0 Å². The number of carbonyl (C=O) groups is 2. The highest BCUT2D eigenvalue weighted by atomic mass is 32.2. The lowest BCUT2D eigenvalue weighted by Gasteiger charge is -2.31. The van der Waals surface area contributed by atoms with Gasteiger partial charge in [0.05, 0.1) is 4.90 Å². The molecule has 1 aliphatic rings.